The maximum Gasteiger partial charge on any atom is 0.268 e. The van der Waals surface area contributed by atoms with Crippen molar-refractivity contribution >= 4 is 183 Å². The minimum absolute atomic E-state index is 0.00360. The minimum Gasteiger partial charge on any atom is -0.392 e. The predicted octanol–water partition coefficient (Wildman–Crippen LogP) is 19.6. The van der Waals surface area contributed by atoms with Crippen molar-refractivity contribution < 1.29 is 13.2 Å². The van der Waals surface area contributed by atoms with Crippen LogP contribution in [0, 0.1) is 74.3 Å². The summed E-state index contributed by atoms with van der Waals surface area (Å²) in [5, 5.41) is 18.8. The molecular weight excluding hydrogens is 1820 g/mol. The smallest absolute Gasteiger partial charge is 0.268 e. The topological polar surface area (TPSA) is 465 Å². The summed E-state index contributed by atoms with van der Waals surface area (Å²) in [4.78, 5) is 101. The number of anilines is 12. The van der Waals surface area contributed by atoms with Crippen molar-refractivity contribution in [3.05, 3.63) is 347 Å². The van der Waals surface area contributed by atoms with E-state index in [1.165, 1.54) is 33.4 Å². The summed E-state index contributed by atoms with van der Waals surface area (Å²) in [5.74, 6) is -0.893. The molecule has 20 rings (SSSR count). The third-order valence-corrected chi connectivity index (χ3v) is 24.9. The zero-order chi connectivity index (χ0) is 95.9. The second-order valence-electron chi connectivity index (χ2n) is 32.8. The van der Waals surface area contributed by atoms with E-state index in [0.717, 1.165) is 109 Å². The summed E-state index contributed by atoms with van der Waals surface area (Å²) in [7, 11) is 0. The van der Waals surface area contributed by atoms with Crippen molar-refractivity contribution in [1.29, 1.82) is 0 Å². The van der Waals surface area contributed by atoms with Crippen LogP contribution in [0.15, 0.2) is 213 Å². The Morgan fingerprint density at radius 2 is 0.596 bits per heavy atom. The van der Waals surface area contributed by atoms with Gasteiger partial charge in [0.05, 0.1) is 103 Å². The monoisotopic (exact) mass is 1900 g/mol. The lowest BCUT2D eigenvalue weighted by Crippen LogP contribution is -2.28. The fourth-order valence-corrected chi connectivity index (χ4v) is 17.9. The van der Waals surface area contributed by atoms with Crippen molar-refractivity contribution in [1.82, 2.24) is 58.1 Å². The van der Waals surface area contributed by atoms with Crippen LogP contribution in [-0.4, -0.2) is 58.1 Å². The van der Waals surface area contributed by atoms with Crippen LogP contribution in [0.3, 0.4) is 0 Å². The fraction of sp³-hybridized carbons (Fsp3) is 0.175. The highest BCUT2D eigenvalue weighted by atomic mass is 35.5. The molecule has 8 aromatic heterocycles. The van der Waals surface area contributed by atoms with Gasteiger partial charge in [-0.1, -0.05) is 131 Å². The van der Waals surface area contributed by atoms with Crippen LogP contribution in [0.2, 0.25) is 20.1 Å². The number of nitrogens with two attached hydrogens (primary N) is 8. The van der Waals surface area contributed by atoms with Gasteiger partial charge in [-0.3, -0.25) is 37.4 Å². The number of aromatic nitrogens is 12. The Balaban J connectivity index is 0.000000126. The van der Waals surface area contributed by atoms with E-state index >= 15 is 0 Å². The first-order chi connectivity index (χ1) is 65.5. The van der Waals surface area contributed by atoms with Crippen LogP contribution >= 0.6 is 46.4 Å². The maximum absolute atomic E-state index is 14.2. The molecule has 8 heterocycles. The average molecular weight is 1900 g/mol. The molecule has 0 unspecified atom stereocenters. The molecule has 4 saturated carbocycles. The molecular formula is C97H79Cl4F3N28O4. The van der Waals surface area contributed by atoms with Crippen molar-refractivity contribution in [2.75, 3.05) is 67.1 Å². The van der Waals surface area contributed by atoms with Gasteiger partial charge in [0.1, 0.15) is 64.0 Å². The third kappa shape index (κ3) is 18.6. The van der Waals surface area contributed by atoms with Crippen molar-refractivity contribution in [3.63, 3.8) is 0 Å². The lowest BCUT2D eigenvalue weighted by Gasteiger charge is -2.26. The van der Waals surface area contributed by atoms with Gasteiger partial charge < -0.3 is 67.1 Å². The highest BCUT2D eigenvalue weighted by Crippen LogP contribution is 2.51. The zero-order valence-electron chi connectivity index (χ0n) is 71.8. The number of fused-ring (bicyclic) bond motifs is 4. The second kappa shape index (κ2) is 38.0. The lowest BCUT2D eigenvalue weighted by molar-refractivity contribution is 0.578. The van der Waals surface area contributed by atoms with Crippen LogP contribution in [0.25, 0.3) is 85.2 Å². The van der Waals surface area contributed by atoms with Crippen LogP contribution in [0.5, 0.6) is 0 Å². The number of aryl methyl sites for hydroxylation is 1. The summed E-state index contributed by atoms with van der Waals surface area (Å²) in [6, 6.07) is 52.8. The SMILES string of the molecule is [C-]#[N+]c1c(N)nc(N)nc1N[C@H](c1cc2cccc(Cl)c2c(=O)n1-c1cc(F)cc(F)c1)C1CC1.[C-]#[N+]c1c(N)nc(N)nc1N[C@H](c1cc2cccc(Cl)c2c(=O)n1-c1ccc(F)cc1)C1CC1.[C-]#[N+]c1c(N)nc(N)nc1N[C@H](c1cc2cccc(Cl)c2c(=O)n1-c1ccccc1)C1CC1.[C-]#[N+]c1c(N)nc(N)nc1N[C@H](c1cc2cccc(Cl)c2c(=O)n1-c1ccccc1C)C1CC1. The van der Waals surface area contributed by atoms with Crippen LogP contribution in [0.4, 0.5) is 106 Å². The van der Waals surface area contributed by atoms with E-state index in [9.17, 15) is 32.3 Å². The largest absolute Gasteiger partial charge is 0.392 e. The van der Waals surface area contributed by atoms with E-state index in [0.29, 0.717) is 59.1 Å². The Bertz CT molecular complexity index is 7970. The van der Waals surface area contributed by atoms with Gasteiger partial charge in [-0.25, -0.2) is 72.4 Å². The first-order valence-electron chi connectivity index (χ1n) is 42.5. The number of halogens is 7. The first kappa shape index (κ1) is 91.3. The fourth-order valence-electron chi connectivity index (χ4n) is 16.8. The number of nitrogens with zero attached hydrogens (tertiary/aromatic N) is 16. The molecule has 39 heteroatoms. The minimum atomic E-state index is -0.834. The number of hydrogen-bond donors (Lipinski definition) is 12. The molecule has 4 aliphatic carbocycles. The average Bonchev–Trinajstić information content (AvgIpc) is 0.995. The molecule has 680 valence electrons. The lowest BCUT2D eigenvalue weighted by atomic mass is 10.0. The van der Waals surface area contributed by atoms with Gasteiger partial charge in [0, 0.05) is 40.2 Å². The maximum atomic E-state index is 14.2. The molecule has 4 aliphatic rings. The van der Waals surface area contributed by atoms with Crippen molar-refractivity contribution in [2.45, 2.75) is 82.5 Å². The Kier molecular flexibility index (Phi) is 25.5. The van der Waals surface area contributed by atoms with E-state index in [1.54, 1.807) is 57.7 Å². The van der Waals surface area contributed by atoms with E-state index in [1.807, 2.05) is 110 Å². The Hall–Kier alpha value is -16.6. The standard InChI is InChI=1S/C25H22ClN7O.C24H18ClF2N7O.C24H19ClFN7O.C24H20ClN7O/c1-13-6-3-4-9-17(13)33-18(12-15-7-5-8-16(26)19(15)24(33)34)20(14-10-11-14)30-23-21(29-2)22(27)31-25(28)32-23;1-30-20-21(28)32-24(29)33-22(20)31-19(11-5-6-11)17-7-12-3-2-4-16(25)18(12)23(35)34(17)15-9-13(26)8-14(27)10-15;1-29-20-21(27)31-24(28)32-22(20)30-19(12-5-6-12)17-11-13-3-2-4-16(25)18(13)23(34)33(17)15-9-7-14(26)8-10-15;1-28-20-21(26)30-24(27)31-22(20)29-19(13-10-11-13)17-12-14-6-5-9-16(25)18(14)23(33)32(17)15-7-3-2-4-8-15/h3-9,12,14,20H,10-11H2,1H3,(H5,27,28,30,31,32);2-4,7-11,19H,5-6H2,(H5,28,29,31,32,33);2-4,7-12,19H,5-6H2,(H5,27,28,30,31,32);2-9,12-13,19H,10-11H2,(H5,26,27,29,30,31)/t20-;3*19-/m0000/s1. The zero-order valence-corrected chi connectivity index (χ0v) is 74.8. The number of nitrogens with one attached hydrogen (secondary N) is 4. The number of pyridine rings is 4. The molecule has 0 aliphatic heterocycles. The van der Waals surface area contributed by atoms with E-state index < -0.39 is 35.1 Å². The molecule has 0 spiro atoms. The quantitative estimate of drug-likeness (QED) is 0.0315. The summed E-state index contributed by atoms with van der Waals surface area (Å²) in [6.07, 6.45) is 7.34. The Morgan fingerprint density at radius 3 is 0.890 bits per heavy atom. The van der Waals surface area contributed by atoms with Crippen molar-refractivity contribution in [2.24, 2.45) is 23.7 Å². The molecule has 0 bridgehead atoms. The number of benzene rings is 8. The van der Waals surface area contributed by atoms with Crippen LogP contribution < -0.4 is 89.4 Å². The highest BCUT2D eigenvalue weighted by Gasteiger charge is 2.41. The van der Waals surface area contributed by atoms with Gasteiger partial charge in [0.15, 0.2) is 0 Å². The summed E-state index contributed by atoms with van der Waals surface area (Å²) in [6.45, 7) is 32.0. The molecule has 0 saturated heterocycles. The third-order valence-electron chi connectivity index (χ3n) is 23.6. The first-order valence-corrected chi connectivity index (χ1v) is 44.0. The second-order valence-corrected chi connectivity index (χ2v) is 34.5. The summed E-state index contributed by atoms with van der Waals surface area (Å²) in [5.41, 5.74) is 51.3. The molecule has 20 N–H and O–H groups in total. The summed E-state index contributed by atoms with van der Waals surface area (Å²) >= 11 is 25.6. The molecule has 4 atom stereocenters. The van der Waals surface area contributed by atoms with Crippen molar-refractivity contribution in [3.8, 4) is 22.7 Å². The van der Waals surface area contributed by atoms with Gasteiger partial charge in [-0.05, 0) is 212 Å². The molecule has 0 amide bonds. The Morgan fingerprint density at radius 1 is 0.324 bits per heavy atom. The molecule has 8 aromatic carbocycles. The van der Waals surface area contributed by atoms with Gasteiger partial charge in [-0.2, -0.15) is 0 Å². The molecule has 4 fully saturated rings. The number of para-hydroxylation sites is 2. The number of hydrogen-bond acceptors (Lipinski definition) is 24. The number of rotatable bonds is 20. The van der Waals surface area contributed by atoms with Crippen LogP contribution in [0.1, 0.15) is 104 Å². The van der Waals surface area contributed by atoms with E-state index in [-0.39, 0.29) is 162 Å². The van der Waals surface area contributed by atoms with E-state index in [2.05, 4.69) is 80.5 Å². The number of nitrogen functional groups attached to an aromatic ring is 8. The molecule has 136 heavy (non-hydrogen) atoms. The molecule has 16 aromatic rings. The van der Waals surface area contributed by atoms with Gasteiger partial charge >= 0.3 is 0 Å². The van der Waals surface area contributed by atoms with Crippen LogP contribution in [-0.2, 0) is 0 Å². The summed E-state index contributed by atoms with van der Waals surface area (Å²) < 4.78 is 48.2. The predicted molar refractivity (Wildman–Crippen MR) is 528 cm³/mol. The molecule has 0 radical (unpaired) electrons. The normalized spacial score (nSPS) is 14.0. The van der Waals surface area contributed by atoms with Gasteiger partial charge in [0.2, 0.25) is 23.8 Å². The highest BCUT2D eigenvalue weighted by molar-refractivity contribution is 6.37. The Labute approximate surface area is 792 Å². The molecule has 32 nitrogen and oxygen atoms in total. The van der Waals surface area contributed by atoms with E-state index in [4.69, 9.17) is 119 Å². The van der Waals surface area contributed by atoms with Gasteiger partial charge in [-0.15, -0.1) is 0 Å². The van der Waals surface area contributed by atoms with Gasteiger partial charge in [0.25, 0.3) is 45.0 Å².